The maximum atomic E-state index is 12.2. The zero-order chi connectivity index (χ0) is 19.2. The molecule has 2 aliphatic rings. The van der Waals surface area contributed by atoms with Crippen molar-refractivity contribution in [3.63, 3.8) is 0 Å². The Bertz CT molecular complexity index is 757. The van der Waals surface area contributed by atoms with Crippen LogP contribution >= 0.6 is 27.7 Å². The van der Waals surface area contributed by atoms with Gasteiger partial charge in [0, 0.05) is 22.3 Å². The fourth-order valence-corrected chi connectivity index (χ4v) is 4.41. The average Bonchev–Trinajstić information content (AvgIpc) is 3.01. The molecule has 1 aromatic rings. The standard InChI is InChI=1S/C19H23BrN4O2S/c1-12(13-5-3-2-4-6-13)23-24-19-22-18(26)16(27-19)11-17(25)21-15-9-7-14(20)8-10-15/h7-10,13,16H,2-6,11H2,1H3,(H,21,25)(H,22,24,26)/b23-12+. The van der Waals surface area contributed by atoms with Crippen LogP contribution in [0.25, 0.3) is 0 Å². The second-order valence-electron chi connectivity index (χ2n) is 6.84. The molecule has 0 aromatic heterocycles. The van der Waals surface area contributed by atoms with Gasteiger partial charge in [0.25, 0.3) is 0 Å². The van der Waals surface area contributed by atoms with Crippen molar-refractivity contribution in [3.05, 3.63) is 28.7 Å². The van der Waals surface area contributed by atoms with Crippen LogP contribution in [0.2, 0.25) is 0 Å². The molecular weight excluding hydrogens is 428 g/mol. The Balaban J connectivity index is 1.53. The van der Waals surface area contributed by atoms with Crippen molar-refractivity contribution in [2.24, 2.45) is 16.1 Å². The highest BCUT2D eigenvalue weighted by Crippen LogP contribution is 2.26. The number of nitrogens with zero attached hydrogens (tertiary/aromatic N) is 2. The quantitative estimate of drug-likeness (QED) is 0.517. The number of thioether (sulfide) groups is 1. The van der Waals surface area contributed by atoms with Gasteiger partial charge < -0.3 is 10.6 Å². The number of halogens is 1. The van der Waals surface area contributed by atoms with E-state index < -0.39 is 5.25 Å². The Kier molecular flexibility index (Phi) is 7.07. The van der Waals surface area contributed by atoms with Gasteiger partial charge in [0.2, 0.25) is 11.8 Å². The van der Waals surface area contributed by atoms with E-state index in [2.05, 4.69) is 36.8 Å². The van der Waals surface area contributed by atoms with E-state index in [-0.39, 0.29) is 18.2 Å². The Morgan fingerprint density at radius 3 is 2.67 bits per heavy atom. The highest BCUT2D eigenvalue weighted by molar-refractivity contribution is 9.10. The predicted molar refractivity (Wildman–Crippen MR) is 114 cm³/mol. The minimum atomic E-state index is -0.482. The van der Waals surface area contributed by atoms with Gasteiger partial charge in [-0.1, -0.05) is 47.0 Å². The summed E-state index contributed by atoms with van der Waals surface area (Å²) in [6.07, 6.45) is 6.21. The van der Waals surface area contributed by atoms with Gasteiger partial charge in [-0.05, 0) is 49.9 Å². The monoisotopic (exact) mass is 450 g/mol. The molecule has 27 heavy (non-hydrogen) atoms. The summed E-state index contributed by atoms with van der Waals surface area (Å²) in [5, 5.41) is 14.0. The van der Waals surface area contributed by atoms with Crippen LogP contribution in [0, 0.1) is 5.92 Å². The summed E-state index contributed by atoms with van der Waals surface area (Å²) in [5.41, 5.74) is 1.72. The number of carbonyl (C=O) groups is 2. The van der Waals surface area contributed by atoms with Crippen molar-refractivity contribution in [1.82, 2.24) is 5.32 Å². The first kappa shape index (κ1) is 20.1. The molecule has 144 valence electrons. The van der Waals surface area contributed by atoms with E-state index in [0.717, 1.165) is 10.2 Å². The number of anilines is 1. The molecule has 6 nitrogen and oxygen atoms in total. The number of carbonyl (C=O) groups excluding carboxylic acids is 2. The molecule has 1 aromatic carbocycles. The molecule has 2 fully saturated rings. The summed E-state index contributed by atoms with van der Waals surface area (Å²) in [4.78, 5) is 24.3. The van der Waals surface area contributed by atoms with Gasteiger partial charge in [-0.25, -0.2) is 0 Å². The fraction of sp³-hybridized carbons (Fsp3) is 0.474. The van der Waals surface area contributed by atoms with Crippen LogP contribution in [0.3, 0.4) is 0 Å². The minimum absolute atomic E-state index is 0.0942. The van der Waals surface area contributed by atoms with E-state index in [1.165, 1.54) is 43.9 Å². The van der Waals surface area contributed by atoms with Crippen molar-refractivity contribution < 1.29 is 9.59 Å². The minimum Gasteiger partial charge on any atom is -0.326 e. The first-order valence-corrected chi connectivity index (χ1v) is 10.8. The molecule has 1 saturated carbocycles. The third-order valence-corrected chi connectivity index (χ3v) is 6.37. The smallest absolute Gasteiger partial charge is 0.240 e. The molecular formula is C19H23BrN4O2S. The Hall–Kier alpha value is -1.67. The topological polar surface area (TPSA) is 82.9 Å². The van der Waals surface area contributed by atoms with Crippen molar-refractivity contribution in [3.8, 4) is 0 Å². The molecule has 2 N–H and O–H groups in total. The third kappa shape index (κ3) is 5.90. The first-order chi connectivity index (χ1) is 13.0. The average molecular weight is 451 g/mol. The third-order valence-electron chi connectivity index (χ3n) is 4.77. The lowest BCUT2D eigenvalue weighted by Gasteiger charge is -2.20. The molecule has 0 radical (unpaired) electrons. The molecule has 0 spiro atoms. The van der Waals surface area contributed by atoms with Crippen molar-refractivity contribution >= 4 is 56.1 Å². The molecule has 1 saturated heterocycles. The normalized spacial score (nSPS) is 22.7. The second-order valence-corrected chi connectivity index (χ2v) is 8.94. The van der Waals surface area contributed by atoms with Crippen molar-refractivity contribution in [2.75, 3.05) is 5.32 Å². The van der Waals surface area contributed by atoms with Crippen LogP contribution in [-0.2, 0) is 9.59 Å². The van der Waals surface area contributed by atoms with Crippen LogP contribution < -0.4 is 10.6 Å². The molecule has 8 heteroatoms. The lowest BCUT2D eigenvalue weighted by molar-refractivity contribution is -0.122. The van der Waals surface area contributed by atoms with Gasteiger partial charge in [-0.15, -0.1) is 5.10 Å². The number of amidine groups is 1. The number of hydrogen-bond acceptors (Lipinski definition) is 5. The SMILES string of the molecule is C/C(=N\N=C1\NC(=O)C(CC(=O)Nc2ccc(Br)cc2)S1)C1CCCCC1. The van der Waals surface area contributed by atoms with Crippen LogP contribution in [0.5, 0.6) is 0 Å². The maximum absolute atomic E-state index is 12.2. The van der Waals surface area contributed by atoms with E-state index >= 15 is 0 Å². The van der Waals surface area contributed by atoms with Gasteiger partial charge in [0.15, 0.2) is 5.17 Å². The summed E-state index contributed by atoms with van der Waals surface area (Å²) in [6, 6.07) is 7.31. The Morgan fingerprint density at radius 2 is 1.96 bits per heavy atom. The number of nitrogens with one attached hydrogen (secondary N) is 2. The molecule has 1 atom stereocenters. The number of rotatable bonds is 5. The van der Waals surface area contributed by atoms with E-state index in [4.69, 9.17) is 0 Å². The number of hydrogen-bond donors (Lipinski definition) is 2. The molecule has 3 rings (SSSR count). The largest absolute Gasteiger partial charge is 0.326 e. The first-order valence-electron chi connectivity index (χ1n) is 9.16. The Morgan fingerprint density at radius 1 is 1.26 bits per heavy atom. The highest BCUT2D eigenvalue weighted by Gasteiger charge is 2.32. The molecule has 2 amide bonds. The van der Waals surface area contributed by atoms with E-state index in [1.54, 1.807) is 12.1 Å². The number of benzene rings is 1. The fourth-order valence-electron chi connectivity index (χ4n) is 3.23. The van der Waals surface area contributed by atoms with Crippen LogP contribution in [0.4, 0.5) is 5.69 Å². The number of amides is 2. The summed E-state index contributed by atoms with van der Waals surface area (Å²) >= 11 is 4.62. The molecule has 1 aliphatic carbocycles. The van der Waals surface area contributed by atoms with Crippen LogP contribution in [0.1, 0.15) is 45.4 Å². The van der Waals surface area contributed by atoms with Gasteiger partial charge in [0.05, 0.1) is 0 Å². The lowest BCUT2D eigenvalue weighted by atomic mass is 9.86. The summed E-state index contributed by atoms with van der Waals surface area (Å²) in [5.74, 6) is 0.0982. The van der Waals surface area contributed by atoms with E-state index in [0.29, 0.717) is 16.8 Å². The van der Waals surface area contributed by atoms with Gasteiger partial charge >= 0.3 is 0 Å². The maximum Gasteiger partial charge on any atom is 0.240 e. The predicted octanol–water partition coefficient (Wildman–Crippen LogP) is 4.32. The second kappa shape index (κ2) is 9.50. The van der Waals surface area contributed by atoms with E-state index in [9.17, 15) is 9.59 Å². The molecule has 0 bridgehead atoms. The van der Waals surface area contributed by atoms with Crippen LogP contribution in [0.15, 0.2) is 38.9 Å². The van der Waals surface area contributed by atoms with Crippen LogP contribution in [-0.4, -0.2) is 27.9 Å². The molecule has 1 unspecified atom stereocenters. The summed E-state index contributed by atoms with van der Waals surface area (Å²) < 4.78 is 0.941. The summed E-state index contributed by atoms with van der Waals surface area (Å²) in [7, 11) is 0. The highest BCUT2D eigenvalue weighted by atomic mass is 79.9. The molecule has 1 aliphatic heterocycles. The van der Waals surface area contributed by atoms with Crippen molar-refractivity contribution in [2.45, 2.75) is 50.7 Å². The zero-order valence-corrected chi connectivity index (χ0v) is 17.6. The van der Waals surface area contributed by atoms with E-state index in [1.807, 2.05) is 19.1 Å². The van der Waals surface area contributed by atoms with Gasteiger partial charge in [-0.3, -0.25) is 9.59 Å². The molecule has 1 heterocycles. The Labute approximate surface area is 171 Å². The lowest BCUT2D eigenvalue weighted by Crippen LogP contribution is -2.28. The van der Waals surface area contributed by atoms with Gasteiger partial charge in [-0.2, -0.15) is 5.10 Å². The summed E-state index contributed by atoms with van der Waals surface area (Å²) in [6.45, 7) is 2.00. The zero-order valence-electron chi connectivity index (χ0n) is 15.2. The van der Waals surface area contributed by atoms with Gasteiger partial charge in [0.1, 0.15) is 5.25 Å². The van der Waals surface area contributed by atoms with Crippen molar-refractivity contribution in [1.29, 1.82) is 0 Å².